The molecule has 100 valence electrons. The molecule has 1 heterocycles. The lowest BCUT2D eigenvalue weighted by Crippen LogP contribution is -2.12. The van der Waals surface area contributed by atoms with E-state index in [1.807, 2.05) is 0 Å². The Kier molecular flexibility index (Phi) is 4.16. The topological polar surface area (TPSA) is 54.1 Å². The average molecular weight is 331 g/mol. The fourth-order valence-corrected chi connectivity index (χ4v) is 1.76. The summed E-state index contributed by atoms with van der Waals surface area (Å²) in [7, 11) is 0. The molecule has 1 amide bonds. The molecule has 0 fully saturated rings. The number of aromatic nitrogens is 1. The Labute approximate surface area is 115 Å². The molecule has 0 unspecified atom stereocenters. The number of alkyl halides is 2. The molecule has 1 aromatic heterocycles. The second kappa shape index (κ2) is 5.83. The number of benzene rings is 1. The van der Waals surface area contributed by atoms with Crippen molar-refractivity contribution in [1.82, 2.24) is 4.98 Å². The van der Waals surface area contributed by atoms with Crippen molar-refractivity contribution in [3.63, 3.8) is 0 Å². The van der Waals surface area contributed by atoms with E-state index in [-0.39, 0.29) is 11.7 Å². The molecule has 0 aliphatic heterocycles. The molecule has 0 saturated heterocycles. The third-order valence-electron chi connectivity index (χ3n) is 2.23. The van der Waals surface area contributed by atoms with Crippen LogP contribution in [0.25, 0.3) is 0 Å². The van der Waals surface area contributed by atoms with Crippen LogP contribution >= 0.6 is 15.9 Å². The van der Waals surface area contributed by atoms with Gasteiger partial charge in [-0.3, -0.25) is 4.79 Å². The lowest BCUT2D eigenvalue weighted by atomic mass is 10.3. The van der Waals surface area contributed by atoms with Crippen molar-refractivity contribution in [1.29, 1.82) is 0 Å². The molecular formula is C12H9BrF2N2O2. The number of ether oxygens (including phenoxy) is 1. The summed E-state index contributed by atoms with van der Waals surface area (Å²) in [4.78, 5) is 14.6. The number of aromatic amines is 1. The highest BCUT2D eigenvalue weighted by Gasteiger charge is 2.09. The van der Waals surface area contributed by atoms with Gasteiger partial charge in [-0.1, -0.05) is 0 Å². The van der Waals surface area contributed by atoms with Gasteiger partial charge in [-0.15, -0.1) is 0 Å². The van der Waals surface area contributed by atoms with Gasteiger partial charge in [-0.2, -0.15) is 8.78 Å². The highest BCUT2D eigenvalue weighted by Crippen LogP contribution is 2.18. The largest absolute Gasteiger partial charge is 0.435 e. The summed E-state index contributed by atoms with van der Waals surface area (Å²) in [5.41, 5.74) is 0.872. The van der Waals surface area contributed by atoms with Crippen LogP contribution in [0.5, 0.6) is 5.75 Å². The van der Waals surface area contributed by atoms with Crippen LogP contribution in [0.3, 0.4) is 0 Å². The molecular weight excluding hydrogens is 322 g/mol. The van der Waals surface area contributed by atoms with Crippen LogP contribution in [0.2, 0.25) is 0 Å². The minimum Gasteiger partial charge on any atom is -0.435 e. The number of carbonyl (C=O) groups is 1. The predicted octanol–water partition coefficient (Wildman–Crippen LogP) is 3.63. The Morgan fingerprint density at radius 1 is 1.32 bits per heavy atom. The zero-order valence-electron chi connectivity index (χ0n) is 9.49. The second-order valence-electron chi connectivity index (χ2n) is 3.59. The fourth-order valence-electron chi connectivity index (χ4n) is 1.42. The first kappa shape index (κ1) is 13.5. The molecule has 19 heavy (non-hydrogen) atoms. The number of anilines is 1. The third kappa shape index (κ3) is 3.78. The number of carbonyl (C=O) groups excluding carboxylic acids is 1. The van der Waals surface area contributed by atoms with Crippen molar-refractivity contribution in [2.45, 2.75) is 6.61 Å². The van der Waals surface area contributed by atoms with Crippen LogP contribution < -0.4 is 10.1 Å². The summed E-state index contributed by atoms with van der Waals surface area (Å²) in [5.74, 6) is -0.288. The van der Waals surface area contributed by atoms with Crippen molar-refractivity contribution < 1.29 is 18.3 Å². The standard InChI is InChI=1S/C12H9BrF2N2O2/c13-7-5-10(16-6-7)11(18)17-8-1-3-9(4-2-8)19-12(14)15/h1-6,12,16H,(H,17,18). The highest BCUT2D eigenvalue weighted by atomic mass is 79.9. The first-order valence-electron chi connectivity index (χ1n) is 5.25. The Hall–Kier alpha value is -1.89. The molecule has 0 bridgehead atoms. The van der Waals surface area contributed by atoms with Crippen LogP contribution in [0.15, 0.2) is 41.0 Å². The Bertz CT molecular complexity index is 569. The normalized spacial score (nSPS) is 10.5. The second-order valence-corrected chi connectivity index (χ2v) is 4.50. The quantitative estimate of drug-likeness (QED) is 0.899. The molecule has 4 nitrogen and oxygen atoms in total. The number of halogens is 3. The van der Waals surface area contributed by atoms with Crippen LogP contribution in [0.4, 0.5) is 14.5 Å². The van der Waals surface area contributed by atoms with Crippen molar-refractivity contribution in [3.8, 4) is 5.75 Å². The minimum absolute atomic E-state index is 0.0376. The maximum atomic E-state index is 12.0. The molecule has 0 radical (unpaired) electrons. The van der Waals surface area contributed by atoms with Gasteiger partial charge in [0.05, 0.1) is 0 Å². The lowest BCUT2D eigenvalue weighted by Gasteiger charge is -2.06. The minimum atomic E-state index is -2.86. The van der Waals surface area contributed by atoms with Crippen LogP contribution in [0, 0.1) is 0 Å². The van der Waals surface area contributed by atoms with Crippen molar-refractivity contribution in [2.24, 2.45) is 0 Å². The van der Waals surface area contributed by atoms with Gasteiger partial charge >= 0.3 is 6.61 Å². The molecule has 0 spiro atoms. The van der Waals surface area contributed by atoms with Crippen molar-refractivity contribution in [3.05, 3.63) is 46.7 Å². The van der Waals surface area contributed by atoms with E-state index in [1.54, 1.807) is 12.3 Å². The van der Waals surface area contributed by atoms with Gasteiger partial charge in [-0.05, 0) is 46.3 Å². The van der Waals surface area contributed by atoms with Crippen LogP contribution in [-0.4, -0.2) is 17.5 Å². The van der Waals surface area contributed by atoms with Crippen LogP contribution in [-0.2, 0) is 0 Å². The smallest absolute Gasteiger partial charge is 0.387 e. The highest BCUT2D eigenvalue weighted by molar-refractivity contribution is 9.10. The molecule has 1 aromatic carbocycles. The van der Waals surface area contributed by atoms with E-state index >= 15 is 0 Å². The van der Waals surface area contributed by atoms with Gasteiger partial charge < -0.3 is 15.0 Å². The van der Waals surface area contributed by atoms with Gasteiger partial charge in [0.25, 0.3) is 5.91 Å². The molecule has 0 saturated carbocycles. The fraction of sp³-hybridized carbons (Fsp3) is 0.0833. The first-order valence-corrected chi connectivity index (χ1v) is 6.04. The van der Waals surface area contributed by atoms with Crippen LogP contribution in [0.1, 0.15) is 10.5 Å². The molecule has 0 aliphatic carbocycles. The van der Waals surface area contributed by atoms with E-state index in [2.05, 4.69) is 31.0 Å². The molecule has 0 atom stereocenters. The third-order valence-corrected chi connectivity index (χ3v) is 2.69. The maximum absolute atomic E-state index is 12.0. The zero-order chi connectivity index (χ0) is 13.8. The molecule has 2 aromatic rings. The van der Waals surface area contributed by atoms with Gasteiger partial charge in [0, 0.05) is 16.4 Å². The molecule has 2 N–H and O–H groups in total. The summed E-state index contributed by atoms with van der Waals surface area (Å²) >= 11 is 3.22. The van der Waals surface area contributed by atoms with E-state index < -0.39 is 6.61 Å². The summed E-state index contributed by atoms with van der Waals surface area (Å²) in [5, 5.41) is 2.62. The molecule has 2 rings (SSSR count). The van der Waals surface area contributed by atoms with Crippen molar-refractivity contribution in [2.75, 3.05) is 5.32 Å². The van der Waals surface area contributed by atoms with E-state index in [0.717, 1.165) is 4.47 Å². The first-order chi connectivity index (χ1) is 9.04. The zero-order valence-corrected chi connectivity index (χ0v) is 11.1. The Balaban J connectivity index is 2.01. The SMILES string of the molecule is O=C(Nc1ccc(OC(F)F)cc1)c1cc(Br)c[nH]1. The number of rotatable bonds is 4. The maximum Gasteiger partial charge on any atom is 0.387 e. The van der Waals surface area contributed by atoms with Gasteiger partial charge in [0.1, 0.15) is 11.4 Å². The number of H-pyrrole nitrogens is 1. The van der Waals surface area contributed by atoms with Gasteiger partial charge in [0.2, 0.25) is 0 Å². The monoisotopic (exact) mass is 330 g/mol. The van der Waals surface area contributed by atoms with E-state index in [9.17, 15) is 13.6 Å². The number of nitrogens with one attached hydrogen (secondary N) is 2. The summed E-state index contributed by atoms with van der Waals surface area (Å²) in [6.07, 6.45) is 1.63. The summed E-state index contributed by atoms with van der Waals surface area (Å²) < 4.78 is 28.9. The number of amides is 1. The summed E-state index contributed by atoms with van der Waals surface area (Å²) in [6.45, 7) is -2.86. The Morgan fingerprint density at radius 2 is 2.00 bits per heavy atom. The molecule has 7 heteroatoms. The summed E-state index contributed by atoms with van der Waals surface area (Å²) in [6, 6.07) is 7.30. The number of hydrogen-bond acceptors (Lipinski definition) is 2. The van der Waals surface area contributed by atoms with E-state index in [1.165, 1.54) is 24.3 Å². The lowest BCUT2D eigenvalue weighted by molar-refractivity contribution is -0.0498. The van der Waals surface area contributed by atoms with Gasteiger partial charge in [0.15, 0.2) is 0 Å². The van der Waals surface area contributed by atoms with E-state index in [0.29, 0.717) is 11.4 Å². The molecule has 0 aliphatic rings. The number of hydrogen-bond donors (Lipinski definition) is 2. The van der Waals surface area contributed by atoms with Gasteiger partial charge in [-0.25, -0.2) is 0 Å². The van der Waals surface area contributed by atoms with Crippen molar-refractivity contribution >= 4 is 27.5 Å². The van der Waals surface area contributed by atoms with E-state index in [4.69, 9.17) is 0 Å². The predicted molar refractivity (Wildman–Crippen MR) is 69.5 cm³/mol. The Morgan fingerprint density at radius 3 is 2.53 bits per heavy atom. The average Bonchev–Trinajstić information content (AvgIpc) is 2.78.